The van der Waals surface area contributed by atoms with Crippen LogP contribution in [0, 0.1) is 0 Å². The Hall–Kier alpha value is -1.75. The maximum Gasteiger partial charge on any atom is 0.123 e. The van der Waals surface area contributed by atoms with Crippen LogP contribution in [0.25, 0.3) is 0 Å². The van der Waals surface area contributed by atoms with Gasteiger partial charge in [-0.25, -0.2) is 0 Å². The fraction of sp³-hybridized carbons (Fsp3) is 0.478. The molecule has 2 aromatic rings. The third-order valence-electron chi connectivity index (χ3n) is 6.07. The molecule has 0 bridgehead atoms. The molecule has 2 aliphatic rings. The van der Waals surface area contributed by atoms with Crippen molar-refractivity contribution in [3.8, 4) is 5.75 Å². The molecule has 0 N–H and O–H groups in total. The van der Waals surface area contributed by atoms with Crippen LogP contribution in [0.4, 0.5) is 5.69 Å². The van der Waals surface area contributed by atoms with E-state index in [2.05, 4.69) is 45.0 Å². The lowest BCUT2D eigenvalue weighted by Gasteiger charge is -2.44. The molecule has 2 aliphatic heterocycles. The van der Waals surface area contributed by atoms with Gasteiger partial charge in [0.1, 0.15) is 5.75 Å². The van der Waals surface area contributed by atoms with E-state index in [1.165, 1.54) is 30.6 Å². The Morgan fingerprint density at radius 1 is 1.00 bits per heavy atom. The first kappa shape index (κ1) is 19.6. The van der Waals surface area contributed by atoms with Crippen molar-refractivity contribution in [3.05, 3.63) is 59.1 Å². The van der Waals surface area contributed by atoms with Crippen LogP contribution in [-0.2, 0) is 6.54 Å². The number of likely N-dealkylation sites (tertiary alicyclic amines) is 1. The molecule has 0 radical (unpaired) electrons. The van der Waals surface area contributed by atoms with Gasteiger partial charge in [-0.05, 0) is 43.7 Å². The number of ether oxygens (including phenoxy) is 1. The minimum absolute atomic E-state index is 0.657. The van der Waals surface area contributed by atoms with E-state index in [0.717, 1.165) is 50.0 Å². The molecule has 4 nitrogen and oxygen atoms in total. The number of anilines is 1. The minimum Gasteiger partial charge on any atom is -0.496 e. The minimum atomic E-state index is 0.657. The van der Waals surface area contributed by atoms with Crippen LogP contribution in [-0.4, -0.2) is 62.2 Å². The standard InChI is InChI=1S/C23H30ClN3O/c1-28-23-10-3-2-6-19(23)17-25-11-5-9-22(18-25)27-14-12-26(13-15-27)21-8-4-7-20(24)16-21/h2-4,6-8,10,16,22H,5,9,11-15,17-18H2,1H3. The van der Waals surface area contributed by atoms with Gasteiger partial charge in [-0.1, -0.05) is 35.9 Å². The van der Waals surface area contributed by atoms with Crippen molar-refractivity contribution in [2.75, 3.05) is 51.3 Å². The Balaban J connectivity index is 1.33. The third-order valence-corrected chi connectivity index (χ3v) is 6.31. The zero-order chi connectivity index (χ0) is 19.3. The number of hydrogen-bond acceptors (Lipinski definition) is 4. The Labute approximate surface area is 173 Å². The second-order valence-corrected chi connectivity index (χ2v) is 8.28. The first-order valence-electron chi connectivity index (χ1n) is 10.3. The predicted octanol–water partition coefficient (Wildman–Crippen LogP) is 4.14. The summed E-state index contributed by atoms with van der Waals surface area (Å²) >= 11 is 6.17. The number of nitrogens with zero attached hydrogens (tertiary/aromatic N) is 3. The van der Waals surface area contributed by atoms with Gasteiger partial charge in [0.15, 0.2) is 0 Å². The third kappa shape index (κ3) is 4.62. The highest BCUT2D eigenvalue weighted by Gasteiger charge is 2.28. The van der Waals surface area contributed by atoms with Crippen molar-refractivity contribution in [2.24, 2.45) is 0 Å². The topological polar surface area (TPSA) is 19.0 Å². The lowest BCUT2D eigenvalue weighted by molar-refractivity contribution is 0.0883. The van der Waals surface area contributed by atoms with Gasteiger partial charge in [0.05, 0.1) is 7.11 Å². The van der Waals surface area contributed by atoms with E-state index in [4.69, 9.17) is 16.3 Å². The Kier molecular flexibility index (Phi) is 6.40. The van der Waals surface area contributed by atoms with Gasteiger partial charge < -0.3 is 9.64 Å². The van der Waals surface area contributed by atoms with Crippen LogP contribution in [0.2, 0.25) is 5.02 Å². The summed E-state index contributed by atoms with van der Waals surface area (Å²) in [5, 5.41) is 0.819. The molecule has 2 aromatic carbocycles. The van der Waals surface area contributed by atoms with Gasteiger partial charge in [0, 0.05) is 61.6 Å². The van der Waals surface area contributed by atoms with Crippen LogP contribution in [0.15, 0.2) is 48.5 Å². The van der Waals surface area contributed by atoms with Crippen LogP contribution in [0.1, 0.15) is 18.4 Å². The smallest absolute Gasteiger partial charge is 0.123 e. The molecule has 0 amide bonds. The largest absolute Gasteiger partial charge is 0.496 e. The van der Waals surface area contributed by atoms with E-state index in [1.54, 1.807) is 7.11 Å². The van der Waals surface area contributed by atoms with E-state index < -0.39 is 0 Å². The SMILES string of the molecule is COc1ccccc1CN1CCCC(N2CCN(c3cccc(Cl)c3)CC2)C1. The molecule has 5 heteroatoms. The molecule has 4 rings (SSSR count). The first-order chi connectivity index (χ1) is 13.7. The van der Waals surface area contributed by atoms with Crippen molar-refractivity contribution in [1.29, 1.82) is 0 Å². The fourth-order valence-electron chi connectivity index (χ4n) is 4.57. The van der Waals surface area contributed by atoms with Gasteiger partial charge in [0.2, 0.25) is 0 Å². The average Bonchev–Trinajstić information content (AvgIpc) is 2.74. The van der Waals surface area contributed by atoms with Crippen LogP contribution in [0.3, 0.4) is 0 Å². The van der Waals surface area contributed by atoms with Gasteiger partial charge >= 0.3 is 0 Å². The van der Waals surface area contributed by atoms with Gasteiger partial charge in [0.25, 0.3) is 0 Å². The molecule has 0 spiro atoms. The highest BCUT2D eigenvalue weighted by Crippen LogP contribution is 2.25. The summed E-state index contributed by atoms with van der Waals surface area (Å²) in [6.07, 6.45) is 2.58. The number of benzene rings is 2. The van der Waals surface area contributed by atoms with Crippen molar-refractivity contribution in [1.82, 2.24) is 9.80 Å². The summed E-state index contributed by atoms with van der Waals surface area (Å²) in [5.41, 5.74) is 2.53. The van der Waals surface area contributed by atoms with E-state index >= 15 is 0 Å². The number of piperidine rings is 1. The lowest BCUT2D eigenvalue weighted by atomic mass is 10.0. The molecule has 150 valence electrons. The van der Waals surface area contributed by atoms with Crippen molar-refractivity contribution < 1.29 is 4.74 Å². The molecule has 28 heavy (non-hydrogen) atoms. The molecule has 2 saturated heterocycles. The summed E-state index contributed by atoms with van der Waals surface area (Å²) in [4.78, 5) is 7.74. The quantitative estimate of drug-likeness (QED) is 0.752. The van der Waals surface area contributed by atoms with E-state index in [9.17, 15) is 0 Å². The van der Waals surface area contributed by atoms with E-state index in [-0.39, 0.29) is 0 Å². The van der Waals surface area contributed by atoms with Crippen molar-refractivity contribution in [2.45, 2.75) is 25.4 Å². The Morgan fingerprint density at radius 3 is 2.61 bits per heavy atom. The number of halogens is 1. The summed E-state index contributed by atoms with van der Waals surface area (Å²) < 4.78 is 5.54. The number of hydrogen-bond donors (Lipinski definition) is 0. The molecular formula is C23H30ClN3O. The maximum absolute atomic E-state index is 6.17. The van der Waals surface area contributed by atoms with Gasteiger partial charge in [-0.15, -0.1) is 0 Å². The monoisotopic (exact) mass is 399 g/mol. The predicted molar refractivity (Wildman–Crippen MR) is 117 cm³/mol. The summed E-state index contributed by atoms with van der Waals surface area (Å²) in [5.74, 6) is 1.000. The molecule has 1 unspecified atom stereocenters. The van der Waals surface area contributed by atoms with Crippen LogP contribution < -0.4 is 9.64 Å². The molecule has 2 fully saturated rings. The fourth-order valence-corrected chi connectivity index (χ4v) is 4.75. The first-order valence-corrected chi connectivity index (χ1v) is 10.7. The second-order valence-electron chi connectivity index (χ2n) is 7.85. The Morgan fingerprint density at radius 2 is 1.82 bits per heavy atom. The molecular weight excluding hydrogens is 370 g/mol. The number of methoxy groups -OCH3 is 1. The molecule has 0 aliphatic carbocycles. The molecule has 0 saturated carbocycles. The Bertz CT molecular complexity index is 776. The molecule has 1 atom stereocenters. The van der Waals surface area contributed by atoms with Gasteiger partial charge in [-0.3, -0.25) is 9.80 Å². The highest BCUT2D eigenvalue weighted by atomic mass is 35.5. The maximum atomic E-state index is 6.17. The molecule has 0 aromatic heterocycles. The normalized spacial score (nSPS) is 21.6. The average molecular weight is 400 g/mol. The van der Waals surface area contributed by atoms with Crippen LogP contribution in [0.5, 0.6) is 5.75 Å². The summed E-state index contributed by atoms with van der Waals surface area (Å²) in [7, 11) is 1.76. The zero-order valence-electron chi connectivity index (χ0n) is 16.7. The molecule has 2 heterocycles. The second kappa shape index (κ2) is 9.17. The zero-order valence-corrected chi connectivity index (χ0v) is 17.4. The number of piperazine rings is 1. The van der Waals surface area contributed by atoms with Gasteiger partial charge in [-0.2, -0.15) is 0 Å². The summed E-state index contributed by atoms with van der Waals surface area (Å²) in [6, 6.07) is 17.3. The highest BCUT2D eigenvalue weighted by molar-refractivity contribution is 6.30. The van der Waals surface area contributed by atoms with E-state index in [1.807, 2.05) is 18.2 Å². The number of para-hydroxylation sites is 1. The van der Waals surface area contributed by atoms with Crippen molar-refractivity contribution >= 4 is 17.3 Å². The summed E-state index contributed by atoms with van der Waals surface area (Å²) in [6.45, 7) is 7.70. The van der Waals surface area contributed by atoms with E-state index in [0.29, 0.717) is 6.04 Å². The number of rotatable bonds is 5. The lowest BCUT2D eigenvalue weighted by Crippen LogP contribution is -2.55. The van der Waals surface area contributed by atoms with Crippen LogP contribution >= 0.6 is 11.6 Å². The van der Waals surface area contributed by atoms with Crippen molar-refractivity contribution in [3.63, 3.8) is 0 Å².